The highest BCUT2D eigenvalue weighted by molar-refractivity contribution is 6.35. The van der Waals surface area contributed by atoms with E-state index in [2.05, 4.69) is 25.7 Å². The van der Waals surface area contributed by atoms with Crippen LogP contribution in [-0.2, 0) is 20.9 Å². The summed E-state index contributed by atoms with van der Waals surface area (Å²) in [6.07, 6.45) is 7.68. The summed E-state index contributed by atoms with van der Waals surface area (Å²) in [7, 11) is 1.29. The third-order valence-electron chi connectivity index (χ3n) is 8.61. The van der Waals surface area contributed by atoms with Crippen LogP contribution < -0.4 is 15.5 Å². The van der Waals surface area contributed by atoms with Crippen LogP contribution in [0.2, 0.25) is 5.02 Å². The molecule has 12 nitrogen and oxygen atoms in total. The van der Waals surface area contributed by atoms with Crippen LogP contribution in [0.3, 0.4) is 0 Å². The lowest BCUT2D eigenvalue weighted by Gasteiger charge is -2.53. The molecule has 0 radical (unpaired) electrons. The third kappa shape index (κ3) is 5.60. The van der Waals surface area contributed by atoms with Crippen LogP contribution in [0, 0.1) is 5.82 Å². The van der Waals surface area contributed by atoms with Crippen molar-refractivity contribution in [2.45, 2.75) is 50.4 Å². The number of ether oxygens (including phenoxy) is 3. The lowest BCUT2D eigenvalue weighted by atomic mass is 9.74. The topological polar surface area (TPSA) is 141 Å². The number of furan rings is 1. The van der Waals surface area contributed by atoms with Gasteiger partial charge in [-0.05, 0) is 55.5 Å². The Morgan fingerprint density at radius 3 is 2.85 bits per heavy atom. The average molecular weight is 649 g/mol. The number of fused-ring (bicyclic) bond motifs is 1. The van der Waals surface area contributed by atoms with Crippen LogP contribution in [0.4, 0.5) is 15.9 Å². The number of nitrogens with zero attached hydrogens (tertiary/aromatic N) is 4. The van der Waals surface area contributed by atoms with Gasteiger partial charge in [-0.15, -0.1) is 0 Å². The predicted molar refractivity (Wildman–Crippen MR) is 166 cm³/mol. The number of benzene rings is 1. The van der Waals surface area contributed by atoms with E-state index in [-0.39, 0.29) is 30.2 Å². The van der Waals surface area contributed by atoms with Crippen LogP contribution in [-0.4, -0.2) is 63.7 Å². The number of allylic oxidation sites excluding steroid dienone is 1. The van der Waals surface area contributed by atoms with E-state index in [1.165, 1.54) is 13.4 Å². The fraction of sp³-hybridized carbons (Fsp3) is 0.344. The molecule has 4 aromatic rings. The smallest absolute Gasteiger partial charge is 0.356 e. The summed E-state index contributed by atoms with van der Waals surface area (Å²) >= 11 is 6.23. The van der Waals surface area contributed by atoms with Crippen molar-refractivity contribution in [3.05, 3.63) is 76.8 Å². The van der Waals surface area contributed by atoms with E-state index in [1.807, 2.05) is 6.08 Å². The molecule has 1 aliphatic carbocycles. The molecule has 2 N–H and O–H groups in total. The van der Waals surface area contributed by atoms with E-state index >= 15 is 0 Å². The minimum absolute atomic E-state index is 0.0272. The van der Waals surface area contributed by atoms with Crippen LogP contribution in [0.5, 0.6) is 5.88 Å². The molecule has 0 saturated carbocycles. The number of carbonyl (C=O) groups excluding carboxylic acids is 2. The van der Waals surface area contributed by atoms with E-state index < -0.39 is 17.3 Å². The lowest BCUT2D eigenvalue weighted by Crippen LogP contribution is -2.66. The number of rotatable bonds is 10. The number of β-lactam (4-membered cyclic amide) rings is 1. The summed E-state index contributed by atoms with van der Waals surface area (Å²) in [4.78, 5) is 38.0. The van der Waals surface area contributed by atoms with Crippen molar-refractivity contribution >= 4 is 51.5 Å². The van der Waals surface area contributed by atoms with Crippen molar-refractivity contribution in [2.24, 2.45) is 0 Å². The number of pyridine rings is 1. The monoisotopic (exact) mass is 648 g/mol. The minimum atomic E-state index is -0.679. The van der Waals surface area contributed by atoms with Crippen molar-refractivity contribution in [3.8, 4) is 5.88 Å². The molecule has 1 unspecified atom stereocenters. The Labute approximate surface area is 267 Å². The first-order valence-electron chi connectivity index (χ1n) is 14.9. The van der Waals surface area contributed by atoms with Crippen LogP contribution in [0.25, 0.3) is 16.5 Å². The Morgan fingerprint density at radius 1 is 1.24 bits per heavy atom. The number of amides is 1. The van der Waals surface area contributed by atoms with Crippen LogP contribution in [0.1, 0.15) is 54.0 Å². The maximum atomic E-state index is 14.7. The molecule has 238 valence electrons. The standard InChI is InChI=1S/C32H30ClFN6O6/c1-43-31(42)25-5-4-24(29(37-25)35-15-20-8-12-44-20)39-40-26(41)14-32(40)10-6-18(7-11-32)28-36-16-23(34)30(38-28)46-17-19-2-3-22(33)21-9-13-45-27(19)21/h2-6,9,13,16,20,39H,7-8,10-12,14-15,17H2,1H3,(H,35,37)/t20-,32?/m0/s1. The molecular formula is C32H30ClFN6O6. The van der Waals surface area contributed by atoms with Gasteiger partial charge in [0.05, 0.1) is 48.3 Å². The molecule has 1 amide bonds. The molecule has 14 heteroatoms. The largest absolute Gasteiger partial charge is 0.470 e. The van der Waals surface area contributed by atoms with Gasteiger partial charge in [-0.25, -0.2) is 19.8 Å². The summed E-state index contributed by atoms with van der Waals surface area (Å²) in [6.45, 7) is 1.25. The summed E-state index contributed by atoms with van der Waals surface area (Å²) in [5.41, 5.74) is 5.56. The predicted octanol–water partition coefficient (Wildman–Crippen LogP) is 5.54. The number of carbonyl (C=O) groups is 2. The van der Waals surface area contributed by atoms with Gasteiger partial charge >= 0.3 is 5.97 Å². The zero-order valence-corrected chi connectivity index (χ0v) is 25.6. The van der Waals surface area contributed by atoms with Gasteiger partial charge < -0.3 is 23.9 Å². The Hall–Kier alpha value is -4.75. The Kier molecular flexibility index (Phi) is 7.95. The second kappa shape index (κ2) is 12.2. The van der Waals surface area contributed by atoms with Crippen molar-refractivity contribution in [1.82, 2.24) is 20.0 Å². The first-order valence-corrected chi connectivity index (χ1v) is 15.3. The number of hydrazine groups is 1. The zero-order chi connectivity index (χ0) is 31.8. The summed E-state index contributed by atoms with van der Waals surface area (Å²) in [5.74, 6) is -0.697. The van der Waals surface area contributed by atoms with E-state index in [0.29, 0.717) is 72.3 Å². The zero-order valence-electron chi connectivity index (χ0n) is 24.8. The fourth-order valence-corrected chi connectivity index (χ4v) is 6.09. The van der Waals surface area contributed by atoms with Gasteiger partial charge in [-0.2, -0.15) is 9.37 Å². The molecule has 46 heavy (non-hydrogen) atoms. The Bertz CT molecular complexity index is 1860. The van der Waals surface area contributed by atoms with Crippen molar-refractivity contribution < 1.29 is 32.6 Å². The van der Waals surface area contributed by atoms with E-state index in [1.54, 1.807) is 35.3 Å². The minimum Gasteiger partial charge on any atom is -0.470 e. The number of esters is 1. The quantitative estimate of drug-likeness (QED) is 0.165. The molecule has 5 heterocycles. The van der Waals surface area contributed by atoms with Gasteiger partial charge in [0, 0.05) is 24.1 Å². The normalized spacial score (nSPS) is 20.6. The maximum absolute atomic E-state index is 14.7. The number of nitrogens with one attached hydrogen (secondary N) is 2. The van der Waals surface area contributed by atoms with Crippen LogP contribution >= 0.6 is 11.6 Å². The van der Waals surface area contributed by atoms with Gasteiger partial charge in [0.2, 0.25) is 11.7 Å². The number of anilines is 2. The molecule has 2 saturated heterocycles. The fourth-order valence-electron chi connectivity index (χ4n) is 5.88. The van der Waals surface area contributed by atoms with Crippen molar-refractivity contribution in [1.29, 1.82) is 0 Å². The highest BCUT2D eigenvalue weighted by atomic mass is 35.5. The molecule has 0 bridgehead atoms. The van der Waals surface area contributed by atoms with E-state index in [0.717, 1.165) is 23.6 Å². The van der Waals surface area contributed by atoms with Gasteiger partial charge in [0.15, 0.2) is 17.3 Å². The van der Waals surface area contributed by atoms with E-state index in [4.69, 9.17) is 30.2 Å². The lowest BCUT2D eigenvalue weighted by molar-refractivity contribution is -0.154. The molecule has 3 aliphatic rings. The summed E-state index contributed by atoms with van der Waals surface area (Å²) in [6, 6.07) is 8.51. The molecular weight excluding hydrogens is 619 g/mol. The molecule has 3 aromatic heterocycles. The first kappa shape index (κ1) is 29.9. The number of aromatic nitrogens is 3. The SMILES string of the molecule is COC(=O)c1ccc(NN2C(=O)CC23CC=C(c2ncc(F)c(OCc4ccc(Cl)c5ccoc45)n2)CC3)c(NC[C@@H]2CCO2)n1. The molecule has 7 rings (SSSR count). The summed E-state index contributed by atoms with van der Waals surface area (Å²) < 4.78 is 36.3. The molecule has 2 fully saturated rings. The second-order valence-electron chi connectivity index (χ2n) is 11.4. The Morgan fingerprint density at radius 2 is 2.11 bits per heavy atom. The maximum Gasteiger partial charge on any atom is 0.356 e. The molecule has 1 aromatic carbocycles. The van der Waals surface area contributed by atoms with Crippen molar-refractivity contribution in [2.75, 3.05) is 31.0 Å². The number of hydrogen-bond donors (Lipinski definition) is 2. The van der Waals surface area contributed by atoms with Gasteiger partial charge in [0.1, 0.15) is 12.2 Å². The van der Waals surface area contributed by atoms with Gasteiger partial charge in [-0.3, -0.25) is 10.2 Å². The number of methoxy groups -OCH3 is 1. The molecule has 2 aliphatic heterocycles. The van der Waals surface area contributed by atoms with Gasteiger partial charge in [-0.1, -0.05) is 23.7 Å². The second-order valence-corrected chi connectivity index (χ2v) is 11.8. The number of halogens is 2. The molecule has 2 atom stereocenters. The first-order chi connectivity index (χ1) is 22.3. The average Bonchev–Trinajstić information content (AvgIpc) is 3.55. The summed E-state index contributed by atoms with van der Waals surface area (Å²) in [5, 5.41) is 6.16. The third-order valence-corrected chi connectivity index (χ3v) is 8.94. The highest BCUT2D eigenvalue weighted by Gasteiger charge is 2.52. The molecule has 1 spiro atoms. The van der Waals surface area contributed by atoms with Crippen LogP contribution in [0.15, 0.2) is 53.3 Å². The number of hydrogen-bond acceptors (Lipinski definition) is 11. The van der Waals surface area contributed by atoms with Crippen molar-refractivity contribution in [3.63, 3.8) is 0 Å². The highest BCUT2D eigenvalue weighted by Crippen LogP contribution is 2.45. The van der Waals surface area contributed by atoms with E-state index in [9.17, 15) is 14.0 Å². The van der Waals surface area contributed by atoms with Gasteiger partial charge in [0.25, 0.3) is 5.88 Å². The Balaban J connectivity index is 1.06.